The number of hydrogen-bond donors (Lipinski definition) is 2. The molecule has 0 spiro atoms. The van der Waals surface area contributed by atoms with Gasteiger partial charge < -0.3 is 16.3 Å². The third-order valence-corrected chi connectivity index (χ3v) is 2.31. The summed E-state index contributed by atoms with van der Waals surface area (Å²) in [5.74, 6) is -0.00897. The summed E-state index contributed by atoms with van der Waals surface area (Å²) in [7, 11) is 0. The van der Waals surface area contributed by atoms with Crippen LogP contribution in [0.2, 0.25) is 0 Å². The predicted octanol–water partition coefficient (Wildman–Crippen LogP) is 0.519. The number of hydrogen-bond acceptors (Lipinski definition) is 6. The molecule has 0 bridgehead atoms. The lowest BCUT2D eigenvalue weighted by Crippen LogP contribution is -2.19. The summed E-state index contributed by atoms with van der Waals surface area (Å²) in [5.41, 5.74) is 12.9. The number of carbonyl (C=O) groups is 1. The van der Waals surface area contributed by atoms with Crippen molar-refractivity contribution in [1.29, 1.82) is 0 Å². The topological polar surface area (TPSA) is 116 Å². The molecule has 0 fully saturated rings. The van der Waals surface area contributed by atoms with E-state index < -0.39 is 0 Å². The van der Waals surface area contributed by atoms with Gasteiger partial charge in [-0.1, -0.05) is 35.5 Å². The first-order chi connectivity index (χ1) is 9.22. The van der Waals surface area contributed by atoms with Gasteiger partial charge >= 0.3 is 6.47 Å². The van der Waals surface area contributed by atoms with Gasteiger partial charge in [-0.05, 0) is 0 Å². The Bertz CT molecular complexity index is 613. The molecule has 96 valence electrons. The summed E-state index contributed by atoms with van der Waals surface area (Å²) >= 11 is 0. The Morgan fingerprint density at radius 2 is 2.05 bits per heavy atom. The molecule has 0 aliphatic heterocycles. The van der Waals surface area contributed by atoms with E-state index in [0.717, 1.165) is 5.56 Å². The van der Waals surface area contributed by atoms with Gasteiger partial charge in [0.05, 0.1) is 11.9 Å². The first-order valence-corrected chi connectivity index (χ1v) is 5.33. The SMILES string of the molecule is N/C(=N\OC=O)c1nc(-c2ccccc2)cnc1N. The van der Waals surface area contributed by atoms with Crippen molar-refractivity contribution in [3.8, 4) is 11.3 Å². The van der Waals surface area contributed by atoms with Crippen LogP contribution in [0.3, 0.4) is 0 Å². The minimum atomic E-state index is -0.116. The molecule has 4 N–H and O–H groups in total. The van der Waals surface area contributed by atoms with E-state index in [2.05, 4.69) is 20.0 Å². The van der Waals surface area contributed by atoms with Crippen LogP contribution in [0.25, 0.3) is 11.3 Å². The van der Waals surface area contributed by atoms with Crippen molar-refractivity contribution in [2.45, 2.75) is 0 Å². The van der Waals surface area contributed by atoms with Crippen molar-refractivity contribution in [3.63, 3.8) is 0 Å². The van der Waals surface area contributed by atoms with Gasteiger partial charge in [0.1, 0.15) is 0 Å². The van der Waals surface area contributed by atoms with Crippen LogP contribution in [-0.2, 0) is 9.63 Å². The molecule has 0 saturated carbocycles. The van der Waals surface area contributed by atoms with E-state index in [4.69, 9.17) is 11.5 Å². The molecule has 1 aromatic heterocycles. The zero-order valence-electron chi connectivity index (χ0n) is 9.85. The van der Waals surface area contributed by atoms with Crippen molar-refractivity contribution in [2.75, 3.05) is 5.73 Å². The fourth-order valence-electron chi connectivity index (χ4n) is 1.46. The average molecular weight is 257 g/mol. The van der Waals surface area contributed by atoms with E-state index in [1.165, 1.54) is 6.20 Å². The molecule has 7 nitrogen and oxygen atoms in total. The fraction of sp³-hybridized carbons (Fsp3) is 0. The summed E-state index contributed by atoms with van der Waals surface area (Å²) < 4.78 is 0. The normalized spacial score (nSPS) is 11.1. The number of carbonyl (C=O) groups excluding carboxylic acids is 1. The van der Waals surface area contributed by atoms with E-state index in [1.807, 2.05) is 30.3 Å². The summed E-state index contributed by atoms with van der Waals surface area (Å²) in [6, 6.07) is 9.39. The molecule has 1 heterocycles. The Labute approximate surface area is 108 Å². The molecule has 0 aliphatic carbocycles. The van der Waals surface area contributed by atoms with Crippen molar-refractivity contribution in [1.82, 2.24) is 9.97 Å². The third kappa shape index (κ3) is 2.83. The monoisotopic (exact) mass is 257 g/mol. The Balaban J connectivity index is 2.43. The maximum atomic E-state index is 10.1. The Morgan fingerprint density at radius 3 is 2.74 bits per heavy atom. The van der Waals surface area contributed by atoms with Gasteiger partial charge in [0.2, 0.25) is 0 Å². The number of amidine groups is 1. The molecule has 2 aromatic rings. The van der Waals surface area contributed by atoms with Gasteiger partial charge in [-0.3, -0.25) is 4.79 Å². The number of nitrogen functional groups attached to an aromatic ring is 1. The van der Waals surface area contributed by atoms with Crippen LogP contribution in [0.4, 0.5) is 5.82 Å². The number of rotatable bonds is 4. The lowest BCUT2D eigenvalue weighted by molar-refractivity contribution is -0.128. The molecule has 0 aliphatic rings. The number of benzene rings is 1. The minimum Gasteiger partial charge on any atom is -0.382 e. The predicted molar refractivity (Wildman–Crippen MR) is 69.8 cm³/mol. The molecule has 7 heteroatoms. The quantitative estimate of drug-likeness (QED) is 0.271. The van der Waals surface area contributed by atoms with E-state index in [-0.39, 0.29) is 23.8 Å². The molecule has 0 saturated heterocycles. The first kappa shape index (κ1) is 12.5. The van der Waals surface area contributed by atoms with Crippen molar-refractivity contribution < 1.29 is 9.63 Å². The van der Waals surface area contributed by atoms with Crippen LogP contribution < -0.4 is 11.5 Å². The van der Waals surface area contributed by atoms with Crippen molar-refractivity contribution in [3.05, 3.63) is 42.2 Å². The highest BCUT2D eigenvalue weighted by Gasteiger charge is 2.10. The van der Waals surface area contributed by atoms with Gasteiger partial charge in [0.15, 0.2) is 17.3 Å². The Kier molecular flexibility index (Phi) is 3.67. The molecule has 0 radical (unpaired) electrons. The highest BCUT2D eigenvalue weighted by molar-refractivity contribution is 5.99. The number of oxime groups is 1. The fourth-order valence-corrected chi connectivity index (χ4v) is 1.46. The van der Waals surface area contributed by atoms with E-state index in [0.29, 0.717) is 5.69 Å². The lowest BCUT2D eigenvalue weighted by Gasteiger charge is -2.05. The number of aromatic nitrogens is 2. The average Bonchev–Trinajstić information content (AvgIpc) is 2.46. The largest absolute Gasteiger partial charge is 0.382 e. The molecule has 1 aromatic carbocycles. The molecule has 19 heavy (non-hydrogen) atoms. The van der Waals surface area contributed by atoms with Crippen LogP contribution in [0.15, 0.2) is 41.7 Å². The second kappa shape index (κ2) is 5.58. The first-order valence-electron chi connectivity index (χ1n) is 5.33. The highest BCUT2D eigenvalue weighted by atomic mass is 16.7. The van der Waals surface area contributed by atoms with E-state index in [1.54, 1.807) is 0 Å². The smallest absolute Gasteiger partial charge is 0.323 e. The van der Waals surface area contributed by atoms with Crippen LogP contribution in [0.1, 0.15) is 5.69 Å². The number of nitrogens with two attached hydrogens (primary N) is 2. The molecular formula is C12H11N5O2. The van der Waals surface area contributed by atoms with Crippen molar-refractivity contribution >= 4 is 18.1 Å². The maximum Gasteiger partial charge on any atom is 0.323 e. The van der Waals surface area contributed by atoms with Crippen LogP contribution in [0.5, 0.6) is 0 Å². The minimum absolute atomic E-state index is 0.107. The zero-order valence-corrected chi connectivity index (χ0v) is 9.85. The molecular weight excluding hydrogens is 246 g/mol. The Hall–Kier alpha value is -2.96. The van der Waals surface area contributed by atoms with Gasteiger partial charge in [0.25, 0.3) is 0 Å². The standard InChI is InChI=1S/C12H11N5O2/c13-11-10(12(14)17-19-7-18)16-9(6-15-11)8-4-2-1-3-5-8/h1-7H,(H2,13,15)(H2,14,17). The van der Waals surface area contributed by atoms with Crippen LogP contribution in [-0.4, -0.2) is 22.3 Å². The van der Waals surface area contributed by atoms with Gasteiger partial charge in [-0.25, -0.2) is 9.97 Å². The highest BCUT2D eigenvalue weighted by Crippen LogP contribution is 2.17. The van der Waals surface area contributed by atoms with E-state index in [9.17, 15) is 4.79 Å². The lowest BCUT2D eigenvalue weighted by atomic mass is 10.1. The maximum absolute atomic E-state index is 10.1. The van der Waals surface area contributed by atoms with E-state index >= 15 is 0 Å². The van der Waals surface area contributed by atoms with Crippen LogP contribution >= 0.6 is 0 Å². The van der Waals surface area contributed by atoms with Gasteiger partial charge in [0, 0.05) is 5.56 Å². The second-order valence-electron chi connectivity index (χ2n) is 3.53. The summed E-state index contributed by atoms with van der Waals surface area (Å²) in [4.78, 5) is 22.5. The molecule has 0 atom stereocenters. The Morgan fingerprint density at radius 1 is 1.32 bits per heavy atom. The van der Waals surface area contributed by atoms with Gasteiger partial charge in [-0.15, -0.1) is 0 Å². The molecule has 0 amide bonds. The second-order valence-corrected chi connectivity index (χ2v) is 3.53. The summed E-state index contributed by atoms with van der Waals surface area (Å²) in [6.45, 7) is 0.150. The number of nitrogens with zero attached hydrogens (tertiary/aromatic N) is 3. The third-order valence-electron chi connectivity index (χ3n) is 2.31. The van der Waals surface area contributed by atoms with Gasteiger partial charge in [-0.2, -0.15) is 0 Å². The summed E-state index contributed by atoms with van der Waals surface area (Å²) in [5, 5.41) is 3.35. The zero-order chi connectivity index (χ0) is 13.7. The van der Waals surface area contributed by atoms with Crippen molar-refractivity contribution in [2.24, 2.45) is 10.9 Å². The summed E-state index contributed by atoms with van der Waals surface area (Å²) in [6.07, 6.45) is 1.53. The number of anilines is 1. The molecule has 0 unspecified atom stereocenters. The molecule has 2 rings (SSSR count). The van der Waals surface area contributed by atoms with Crippen LogP contribution in [0, 0.1) is 0 Å².